The number of Topliss-reactive ketones (excluding diaryl/α,β-unsaturated/α-hetero) is 1. The SMILES string of the molecule is CCCCCCCCCCCCCC[C@@H](O)[C@@H](O)[C@@H](N)C(O)C(=O)CCCCCCCO. The van der Waals surface area contributed by atoms with E-state index in [1.165, 1.54) is 57.8 Å². The maximum atomic E-state index is 12.1. The van der Waals surface area contributed by atoms with Crippen LogP contribution in [-0.2, 0) is 4.79 Å². The molecule has 4 atom stereocenters. The maximum absolute atomic E-state index is 12.1. The number of rotatable bonds is 24. The number of aliphatic hydroxyl groups is 4. The first kappa shape index (κ1) is 31.5. The van der Waals surface area contributed by atoms with E-state index in [1.54, 1.807) is 0 Å². The molecule has 0 saturated heterocycles. The van der Waals surface area contributed by atoms with E-state index in [4.69, 9.17) is 10.8 Å². The Hall–Kier alpha value is -0.530. The minimum atomic E-state index is -1.45. The van der Waals surface area contributed by atoms with Crippen LogP contribution in [0.2, 0.25) is 0 Å². The summed E-state index contributed by atoms with van der Waals surface area (Å²) in [6.45, 7) is 2.43. The van der Waals surface area contributed by atoms with Gasteiger partial charge in [0.1, 0.15) is 6.10 Å². The van der Waals surface area contributed by atoms with Gasteiger partial charge < -0.3 is 26.2 Å². The number of carbonyl (C=O) groups is 1. The van der Waals surface area contributed by atoms with Crippen LogP contribution in [0.1, 0.15) is 129 Å². The Labute approximate surface area is 197 Å². The Morgan fingerprint density at radius 3 is 1.62 bits per heavy atom. The predicted molar refractivity (Wildman–Crippen MR) is 131 cm³/mol. The topological polar surface area (TPSA) is 124 Å². The molecule has 0 rings (SSSR count). The van der Waals surface area contributed by atoms with E-state index in [0.29, 0.717) is 12.8 Å². The number of ketones is 1. The third kappa shape index (κ3) is 17.0. The van der Waals surface area contributed by atoms with E-state index < -0.39 is 24.4 Å². The quantitative estimate of drug-likeness (QED) is 0.136. The van der Waals surface area contributed by atoms with E-state index >= 15 is 0 Å². The summed E-state index contributed by atoms with van der Waals surface area (Å²) in [5, 5.41) is 39.3. The molecule has 1 unspecified atom stereocenters. The Bertz CT molecular complexity index is 421. The molecule has 0 fully saturated rings. The van der Waals surface area contributed by atoms with E-state index in [2.05, 4.69) is 6.92 Å². The van der Waals surface area contributed by atoms with Crippen LogP contribution in [-0.4, -0.2) is 57.2 Å². The van der Waals surface area contributed by atoms with Crippen molar-refractivity contribution in [3.63, 3.8) is 0 Å². The molecule has 6 nitrogen and oxygen atoms in total. The highest BCUT2D eigenvalue weighted by molar-refractivity contribution is 5.83. The Kier molecular flexibility index (Phi) is 21.9. The zero-order chi connectivity index (χ0) is 24.0. The van der Waals surface area contributed by atoms with Crippen LogP contribution >= 0.6 is 0 Å². The van der Waals surface area contributed by atoms with Crippen LogP contribution < -0.4 is 5.73 Å². The molecule has 6 N–H and O–H groups in total. The summed E-state index contributed by atoms with van der Waals surface area (Å²) >= 11 is 0. The standard InChI is InChI=1S/C26H53NO5/c1-2-3-4-5-6-7-8-9-10-11-13-16-19-22(29)25(31)24(27)26(32)23(30)20-17-14-12-15-18-21-28/h22,24-26,28-29,31-32H,2-21,27H2,1H3/t22-,24-,25-,26?/m1/s1. The van der Waals surface area contributed by atoms with E-state index in [9.17, 15) is 20.1 Å². The van der Waals surface area contributed by atoms with Gasteiger partial charge in [-0.1, -0.05) is 103 Å². The van der Waals surface area contributed by atoms with E-state index in [1.807, 2.05) is 0 Å². The number of nitrogens with two attached hydrogens (primary N) is 1. The zero-order valence-electron chi connectivity index (χ0n) is 20.7. The van der Waals surface area contributed by atoms with Gasteiger partial charge in [0.2, 0.25) is 0 Å². The van der Waals surface area contributed by atoms with Crippen molar-refractivity contribution in [2.24, 2.45) is 5.73 Å². The molecule has 0 spiro atoms. The molecule has 32 heavy (non-hydrogen) atoms. The summed E-state index contributed by atoms with van der Waals surface area (Å²) in [4.78, 5) is 12.1. The summed E-state index contributed by atoms with van der Waals surface area (Å²) in [6, 6.07) is -1.16. The van der Waals surface area contributed by atoms with Gasteiger partial charge in [-0.05, 0) is 19.3 Å². The number of aliphatic hydroxyl groups excluding tert-OH is 4. The van der Waals surface area contributed by atoms with E-state index in [-0.39, 0.29) is 18.8 Å². The van der Waals surface area contributed by atoms with Crippen LogP contribution in [0.4, 0.5) is 0 Å². The minimum absolute atomic E-state index is 0.186. The lowest BCUT2D eigenvalue weighted by Crippen LogP contribution is -2.52. The molecule has 0 aliphatic heterocycles. The molecular weight excluding hydrogens is 406 g/mol. The number of hydrogen-bond donors (Lipinski definition) is 5. The molecule has 0 aromatic rings. The van der Waals surface area contributed by atoms with Gasteiger partial charge in [0, 0.05) is 13.0 Å². The summed E-state index contributed by atoms with van der Waals surface area (Å²) < 4.78 is 0. The molecule has 0 aliphatic rings. The van der Waals surface area contributed by atoms with Gasteiger partial charge in [-0.15, -0.1) is 0 Å². The van der Waals surface area contributed by atoms with Gasteiger partial charge >= 0.3 is 0 Å². The molecule has 0 aromatic carbocycles. The largest absolute Gasteiger partial charge is 0.396 e. The summed E-state index contributed by atoms with van der Waals surface area (Å²) in [5.41, 5.74) is 5.86. The number of unbranched alkanes of at least 4 members (excludes halogenated alkanes) is 15. The first-order valence-electron chi connectivity index (χ1n) is 13.4. The fourth-order valence-corrected chi connectivity index (χ4v) is 4.11. The maximum Gasteiger partial charge on any atom is 0.162 e. The normalized spacial score (nSPS) is 15.4. The Balaban J connectivity index is 3.78. The van der Waals surface area contributed by atoms with Gasteiger partial charge in [0.25, 0.3) is 0 Å². The highest BCUT2D eigenvalue weighted by atomic mass is 16.3. The molecule has 0 amide bonds. The molecule has 0 aliphatic carbocycles. The average molecular weight is 460 g/mol. The lowest BCUT2D eigenvalue weighted by molar-refractivity contribution is -0.131. The second-order valence-electron chi connectivity index (χ2n) is 9.47. The van der Waals surface area contributed by atoms with Crippen LogP contribution in [0, 0.1) is 0 Å². The molecule has 0 heterocycles. The Morgan fingerprint density at radius 2 is 1.12 bits per heavy atom. The molecule has 0 aromatic heterocycles. The second-order valence-corrected chi connectivity index (χ2v) is 9.47. The van der Waals surface area contributed by atoms with Crippen molar-refractivity contribution in [2.75, 3.05) is 6.61 Å². The van der Waals surface area contributed by atoms with Crippen molar-refractivity contribution in [1.82, 2.24) is 0 Å². The van der Waals surface area contributed by atoms with Gasteiger partial charge in [-0.2, -0.15) is 0 Å². The molecule has 6 heteroatoms. The molecule has 0 radical (unpaired) electrons. The third-order valence-corrected chi connectivity index (χ3v) is 6.42. The lowest BCUT2D eigenvalue weighted by Gasteiger charge is -2.27. The van der Waals surface area contributed by atoms with Crippen LogP contribution in [0.3, 0.4) is 0 Å². The summed E-state index contributed by atoms with van der Waals surface area (Å²) in [5.74, 6) is -0.378. The van der Waals surface area contributed by atoms with Crippen LogP contribution in [0.15, 0.2) is 0 Å². The van der Waals surface area contributed by atoms with Crippen LogP contribution in [0.25, 0.3) is 0 Å². The first-order valence-corrected chi connectivity index (χ1v) is 13.4. The first-order chi connectivity index (χ1) is 15.5. The molecule has 0 bridgehead atoms. The van der Waals surface area contributed by atoms with Crippen molar-refractivity contribution in [1.29, 1.82) is 0 Å². The molecule has 192 valence electrons. The number of hydrogen-bond acceptors (Lipinski definition) is 6. The molecule has 0 saturated carbocycles. The van der Waals surface area contributed by atoms with E-state index in [0.717, 1.165) is 44.9 Å². The predicted octanol–water partition coefficient (Wildman–Crippen LogP) is 4.39. The van der Waals surface area contributed by atoms with Crippen molar-refractivity contribution in [3.8, 4) is 0 Å². The lowest BCUT2D eigenvalue weighted by atomic mass is 9.93. The zero-order valence-corrected chi connectivity index (χ0v) is 20.7. The second kappa shape index (κ2) is 22.3. The van der Waals surface area contributed by atoms with Crippen LogP contribution in [0.5, 0.6) is 0 Å². The highest BCUT2D eigenvalue weighted by Crippen LogP contribution is 2.16. The molecular formula is C26H53NO5. The van der Waals surface area contributed by atoms with Crippen molar-refractivity contribution >= 4 is 5.78 Å². The highest BCUT2D eigenvalue weighted by Gasteiger charge is 2.32. The van der Waals surface area contributed by atoms with Gasteiger partial charge in [0.05, 0.1) is 18.2 Å². The van der Waals surface area contributed by atoms with Gasteiger partial charge in [-0.25, -0.2) is 0 Å². The van der Waals surface area contributed by atoms with Gasteiger partial charge in [-0.3, -0.25) is 4.79 Å². The van der Waals surface area contributed by atoms with Gasteiger partial charge in [0.15, 0.2) is 5.78 Å². The summed E-state index contributed by atoms with van der Waals surface area (Å²) in [7, 11) is 0. The fraction of sp³-hybridized carbons (Fsp3) is 0.962. The number of carbonyl (C=O) groups excluding carboxylic acids is 1. The summed E-state index contributed by atoms with van der Waals surface area (Å²) in [6.07, 6.45) is 15.8. The smallest absolute Gasteiger partial charge is 0.162 e. The fourth-order valence-electron chi connectivity index (χ4n) is 4.11. The third-order valence-electron chi connectivity index (χ3n) is 6.42. The van der Waals surface area contributed by atoms with Crippen molar-refractivity contribution in [2.45, 2.75) is 153 Å². The minimum Gasteiger partial charge on any atom is -0.396 e. The monoisotopic (exact) mass is 459 g/mol. The Morgan fingerprint density at radius 1 is 0.688 bits per heavy atom. The van der Waals surface area contributed by atoms with Crippen molar-refractivity contribution < 1.29 is 25.2 Å². The average Bonchev–Trinajstić information content (AvgIpc) is 2.80. The van der Waals surface area contributed by atoms with Crippen molar-refractivity contribution in [3.05, 3.63) is 0 Å².